The number of rotatable bonds is 6. The van der Waals surface area contributed by atoms with Gasteiger partial charge in [-0.25, -0.2) is 4.98 Å². The van der Waals surface area contributed by atoms with Gasteiger partial charge < -0.3 is 4.57 Å². The van der Waals surface area contributed by atoms with E-state index in [0.29, 0.717) is 0 Å². The van der Waals surface area contributed by atoms with Crippen LogP contribution in [0, 0.1) is 0 Å². The second kappa shape index (κ2) is 6.84. The zero-order valence-corrected chi connectivity index (χ0v) is 13.6. The maximum absolute atomic E-state index is 5.61. The number of hydrogen-bond donors (Lipinski definition) is 0. The molecule has 22 heavy (non-hydrogen) atoms. The van der Waals surface area contributed by atoms with Gasteiger partial charge in [-0.3, -0.25) is 0 Å². The zero-order valence-electron chi connectivity index (χ0n) is 12.8. The van der Waals surface area contributed by atoms with Crippen molar-refractivity contribution in [1.29, 1.82) is 0 Å². The number of aryl methyl sites for hydroxylation is 1. The van der Waals surface area contributed by atoms with Gasteiger partial charge in [-0.15, -0.1) is 0 Å². The molecule has 3 rings (SSSR count). The SMILES string of the molecule is CCCn1c(CC(=S)Cc2ccccc2)nc2ccccc21. The van der Waals surface area contributed by atoms with Gasteiger partial charge in [0.25, 0.3) is 0 Å². The summed E-state index contributed by atoms with van der Waals surface area (Å²) in [4.78, 5) is 5.83. The number of aromatic nitrogens is 2. The molecule has 2 aromatic carbocycles. The van der Waals surface area contributed by atoms with Crippen molar-refractivity contribution in [3.05, 3.63) is 66.0 Å². The second-order valence-electron chi connectivity index (χ2n) is 5.55. The van der Waals surface area contributed by atoms with E-state index in [9.17, 15) is 0 Å². The van der Waals surface area contributed by atoms with Gasteiger partial charge in [-0.2, -0.15) is 0 Å². The average Bonchev–Trinajstić information content (AvgIpc) is 2.86. The van der Waals surface area contributed by atoms with Crippen LogP contribution < -0.4 is 0 Å². The summed E-state index contributed by atoms with van der Waals surface area (Å²) in [5.41, 5.74) is 3.54. The lowest BCUT2D eigenvalue weighted by molar-refractivity contribution is 0.669. The molecule has 0 N–H and O–H groups in total. The van der Waals surface area contributed by atoms with Gasteiger partial charge in [0.1, 0.15) is 5.82 Å². The Morgan fingerprint density at radius 3 is 2.50 bits per heavy atom. The molecule has 0 spiro atoms. The van der Waals surface area contributed by atoms with Crippen molar-refractivity contribution in [3.8, 4) is 0 Å². The smallest absolute Gasteiger partial charge is 0.114 e. The Morgan fingerprint density at radius 2 is 1.73 bits per heavy atom. The summed E-state index contributed by atoms with van der Waals surface area (Å²) in [6.07, 6.45) is 2.70. The minimum absolute atomic E-state index is 0.763. The molecule has 0 amide bonds. The molecule has 0 aliphatic heterocycles. The number of thiocarbonyl (C=S) groups is 1. The highest BCUT2D eigenvalue weighted by molar-refractivity contribution is 7.80. The Bertz CT molecular complexity index is 774. The molecule has 1 heterocycles. The standard InChI is InChI=1S/C19H20N2S/c1-2-12-21-18-11-7-6-10-17(18)20-19(21)14-16(22)13-15-8-4-3-5-9-15/h3-11H,2,12-14H2,1H3. The van der Waals surface area contributed by atoms with Gasteiger partial charge in [-0.1, -0.05) is 61.6 Å². The molecule has 2 nitrogen and oxygen atoms in total. The van der Waals surface area contributed by atoms with Crippen LogP contribution in [0.1, 0.15) is 24.7 Å². The van der Waals surface area contributed by atoms with Crippen LogP contribution in [0.5, 0.6) is 0 Å². The van der Waals surface area contributed by atoms with Crippen molar-refractivity contribution in [2.24, 2.45) is 0 Å². The van der Waals surface area contributed by atoms with Crippen molar-refractivity contribution < 1.29 is 0 Å². The molecule has 0 saturated heterocycles. The lowest BCUT2D eigenvalue weighted by Gasteiger charge is -2.08. The van der Waals surface area contributed by atoms with E-state index in [1.807, 2.05) is 12.1 Å². The Balaban J connectivity index is 1.83. The normalized spacial score (nSPS) is 11.0. The monoisotopic (exact) mass is 308 g/mol. The Morgan fingerprint density at radius 1 is 1.00 bits per heavy atom. The number of nitrogens with zero attached hydrogens (tertiary/aromatic N) is 2. The van der Waals surface area contributed by atoms with Crippen LogP contribution in [0.25, 0.3) is 11.0 Å². The highest BCUT2D eigenvalue weighted by Crippen LogP contribution is 2.18. The van der Waals surface area contributed by atoms with E-state index < -0.39 is 0 Å². The molecular formula is C19H20N2S. The highest BCUT2D eigenvalue weighted by atomic mass is 32.1. The molecule has 0 saturated carbocycles. The maximum Gasteiger partial charge on any atom is 0.114 e. The topological polar surface area (TPSA) is 17.8 Å². The maximum atomic E-state index is 5.61. The van der Waals surface area contributed by atoms with E-state index in [4.69, 9.17) is 17.2 Å². The first kappa shape index (κ1) is 14.9. The van der Waals surface area contributed by atoms with Gasteiger partial charge in [0.15, 0.2) is 0 Å². The molecule has 0 fully saturated rings. The molecule has 112 valence electrons. The fraction of sp³-hybridized carbons (Fsp3) is 0.263. The first-order valence-electron chi connectivity index (χ1n) is 7.77. The summed E-state index contributed by atoms with van der Waals surface area (Å²) in [6, 6.07) is 18.7. The average molecular weight is 308 g/mol. The van der Waals surface area contributed by atoms with E-state index in [0.717, 1.165) is 42.0 Å². The van der Waals surface area contributed by atoms with E-state index >= 15 is 0 Å². The Hall–Kier alpha value is -2.00. The van der Waals surface area contributed by atoms with Crippen molar-refractivity contribution in [2.75, 3.05) is 0 Å². The van der Waals surface area contributed by atoms with Crippen LogP contribution in [0.4, 0.5) is 0 Å². The second-order valence-corrected chi connectivity index (χ2v) is 6.12. The molecule has 0 atom stereocenters. The summed E-state index contributed by atoms with van der Waals surface area (Å²) < 4.78 is 2.31. The molecule has 1 aromatic heterocycles. The number of fused-ring (bicyclic) bond motifs is 1. The molecule has 3 heteroatoms. The third-order valence-corrected chi connectivity index (χ3v) is 4.07. The summed E-state index contributed by atoms with van der Waals surface area (Å²) in [6.45, 7) is 3.19. The lowest BCUT2D eigenvalue weighted by Crippen LogP contribution is -2.10. The van der Waals surface area contributed by atoms with Gasteiger partial charge in [0.2, 0.25) is 0 Å². The van der Waals surface area contributed by atoms with Gasteiger partial charge in [-0.05, 0) is 24.1 Å². The molecular weight excluding hydrogens is 288 g/mol. The largest absolute Gasteiger partial charge is 0.328 e. The van der Waals surface area contributed by atoms with Crippen molar-refractivity contribution in [3.63, 3.8) is 0 Å². The fourth-order valence-electron chi connectivity index (χ4n) is 2.80. The predicted octanol–water partition coefficient (Wildman–Crippen LogP) is 4.60. The highest BCUT2D eigenvalue weighted by Gasteiger charge is 2.11. The first-order valence-corrected chi connectivity index (χ1v) is 8.18. The minimum atomic E-state index is 0.763. The van der Waals surface area contributed by atoms with Crippen molar-refractivity contribution in [1.82, 2.24) is 9.55 Å². The zero-order chi connectivity index (χ0) is 15.4. The quantitative estimate of drug-likeness (QED) is 0.619. The Kier molecular flexibility index (Phi) is 4.64. The summed E-state index contributed by atoms with van der Waals surface area (Å²) in [5, 5.41) is 0. The molecule has 0 unspecified atom stereocenters. The molecule has 3 aromatic rings. The number of para-hydroxylation sites is 2. The van der Waals surface area contributed by atoms with Crippen LogP contribution in [0.2, 0.25) is 0 Å². The number of hydrogen-bond acceptors (Lipinski definition) is 2. The van der Waals surface area contributed by atoms with Crippen LogP contribution in [-0.2, 0) is 19.4 Å². The summed E-state index contributed by atoms with van der Waals surface area (Å²) in [7, 11) is 0. The van der Waals surface area contributed by atoms with Crippen LogP contribution >= 0.6 is 12.2 Å². The third kappa shape index (κ3) is 3.25. The third-order valence-electron chi connectivity index (χ3n) is 3.78. The van der Waals surface area contributed by atoms with Gasteiger partial charge in [0.05, 0.1) is 11.0 Å². The van der Waals surface area contributed by atoms with Crippen molar-refractivity contribution in [2.45, 2.75) is 32.7 Å². The molecule has 0 radical (unpaired) electrons. The summed E-state index contributed by atoms with van der Waals surface area (Å²) in [5.74, 6) is 1.09. The van der Waals surface area contributed by atoms with Crippen molar-refractivity contribution >= 4 is 28.1 Å². The van der Waals surface area contributed by atoms with Gasteiger partial charge >= 0.3 is 0 Å². The summed E-state index contributed by atoms with van der Waals surface area (Å²) >= 11 is 5.61. The fourth-order valence-corrected chi connectivity index (χ4v) is 3.09. The predicted molar refractivity (Wildman–Crippen MR) is 96.5 cm³/mol. The first-order chi connectivity index (χ1) is 10.8. The Labute approximate surface area is 136 Å². The van der Waals surface area contributed by atoms with Crippen LogP contribution in [0.3, 0.4) is 0 Å². The van der Waals surface area contributed by atoms with E-state index in [1.54, 1.807) is 0 Å². The number of imidazole rings is 1. The molecule has 0 aliphatic rings. The van der Waals surface area contributed by atoms with Gasteiger partial charge in [0, 0.05) is 24.3 Å². The molecule has 0 bridgehead atoms. The minimum Gasteiger partial charge on any atom is -0.328 e. The van der Waals surface area contributed by atoms with Crippen LogP contribution in [0.15, 0.2) is 54.6 Å². The number of benzene rings is 2. The van der Waals surface area contributed by atoms with E-state index in [1.165, 1.54) is 11.1 Å². The molecule has 0 aliphatic carbocycles. The lowest BCUT2D eigenvalue weighted by atomic mass is 10.1. The van der Waals surface area contributed by atoms with Crippen LogP contribution in [-0.4, -0.2) is 14.4 Å². The van der Waals surface area contributed by atoms with E-state index in [-0.39, 0.29) is 0 Å². The van der Waals surface area contributed by atoms with E-state index in [2.05, 4.69) is 54.0 Å².